The summed E-state index contributed by atoms with van der Waals surface area (Å²) in [7, 11) is 0. The molecule has 0 saturated carbocycles. The summed E-state index contributed by atoms with van der Waals surface area (Å²) in [6.07, 6.45) is 3.38. The van der Waals surface area contributed by atoms with Crippen molar-refractivity contribution in [2.24, 2.45) is 0 Å². The molecule has 0 amide bonds. The Balaban J connectivity index is 1.85. The van der Waals surface area contributed by atoms with Gasteiger partial charge in [-0.25, -0.2) is 9.67 Å². The second kappa shape index (κ2) is 5.37. The maximum absolute atomic E-state index is 4.23. The molecule has 84 valence electrons. The molecule has 0 atom stereocenters. The highest BCUT2D eigenvalue weighted by molar-refractivity contribution is 5.03. The Morgan fingerprint density at radius 2 is 2.19 bits per heavy atom. The van der Waals surface area contributed by atoms with Crippen LogP contribution in [0.3, 0.4) is 0 Å². The Bertz CT molecular complexity index is 423. The molecule has 5 heteroatoms. The minimum absolute atomic E-state index is 0.713. The number of aryl methyl sites for hydroxylation is 1. The average molecular weight is 217 g/mol. The second-order valence-corrected chi connectivity index (χ2v) is 3.42. The largest absolute Gasteiger partial charge is 0.304 e. The van der Waals surface area contributed by atoms with Gasteiger partial charge in [0.15, 0.2) is 0 Å². The fraction of sp³-hybridized carbons (Fsp3) is 0.364. The van der Waals surface area contributed by atoms with Crippen LogP contribution in [0.25, 0.3) is 0 Å². The molecular weight excluding hydrogens is 202 g/mol. The lowest BCUT2D eigenvalue weighted by Crippen LogP contribution is -2.17. The molecule has 2 heterocycles. The summed E-state index contributed by atoms with van der Waals surface area (Å²) in [4.78, 5) is 8.42. The smallest absolute Gasteiger partial charge is 0.140 e. The molecule has 2 aromatic heterocycles. The second-order valence-electron chi connectivity index (χ2n) is 3.42. The maximum atomic E-state index is 4.23. The third-order valence-corrected chi connectivity index (χ3v) is 2.31. The first-order chi connectivity index (χ1) is 7.90. The van der Waals surface area contributed by atoms with E-state index in [-0.39, 0.29) is 0 Å². The Morgan fingerprint density at radius 1 is 1.25 bits per heavy atom. The molecule has 0 aliphatic carbocycles. The number of nitrogens with one attached hydrogen (secondary N) is 1. The van der Waals surface area contributed by atoms with E-state index in [1.807, 2.05) is 22.9 Å². The van der Waals surface area contributed by atoms with Gasteiger partial charge in [0.1, 0.15) is 12.2 Å². The predicted octanol–water partition coefficient (Wildman–Crippen LogP) is 0.983. The lowest BCUT2D eigenvalue weighted by molar-refractivity contribution is 0.569. The number of hydrogen-bond donors (Lipinski definition) is 1. The number of nitrogens with zero attached hydrogens (tertiary/aromatic N) is 4. The molecule has 0 radical (unpaired) electrons. The third kappa shape index (κ3) is 2.64. The van der Waals surface area contributed by atoms with Crippen molar-refractivity contribution in [2.75, 3.05) is 0 Å². The first-order valence-electron chi connectivity index (χ1n) is 5.37. The lowest BCUT2D eigenvalue weighted by atomic mass is 10.3. The van der Waals surface area contributed by atoms with E-state index in [0.29, 0.717) is 6.54 Å². The summed E-state index contributed by atoms with van der Waals surface area (Å²) in [6.45, 7) is 4.36. The molecule has 0 fully saturated rings. The van der Waals surface area contributed by atoms with Gasteiger partial charge in [-0.2, -0.15) is 5.10 Å². The molecule has 5 nitrogen and oxygen atoms in total. The molecule has 0 spiro atoms. The van der Waals surface area contributed by atoms with Crippen molar-refractivity contribution in [3.05, 3.63) is 42.2 Å². The minimum atomic E-state index is 0.713. The fourth-order valence-corrected chi connectivity index (χ4v) is 1.49. The van der Waals surface area contributed by atoms with Crippen molar-refractivity contribution in [2.45, 2.75) is 26.6 Å². The monoisotopic (exact) mass is 217 g/mol. The van der Waals surface area contributed by atoms with Gasteiger partial charge in [0.05, 0.1) is 12.2 Å². The molecule has 0 bridgehead atoms. The van der Waals surface area contributed by atoms with Crippen LogP contribution in [0.5, 0.6) is 0 Å². The van der Waals surface area contributed by atoms with Crippen LogP contribution in [0.1, 0.15) is 18.4 Å². The molecule has 0 aromatic carbocycles. The minimum Gasteiger partial charge on any atom is -0.304 e. The van der Waals surface area contributed by atoms with Gasteiger partial charge in [-0.3, -0.25) is 4.98 Å². The van der Waals surface area contributed by atoms with E-state index in [1.165, 1.54) is 0 Å². The predicted molar refractivity (Wildman–Crippen MR) is 60.5 cm³/mol. The molecule has 0 unspecified atom stereocenters. The van der Waals surface area contributed by atoms with E-state index in [0.717, 1.165) is 24.6 Å². The molecule has 2 aromatic rings. The van der Waals surface area contributed by atoms with Gasteiger partial charge in [0, 0.05) is 19.3 Å². The summed E-state index contributed by atoms with van der Waals surface area (Å²) in [5.74, 6) is 0.957. The Labute approximate surface area is 94.5 Å². The van der Waals surface area contributed by atoms with Gasteiger partial charge < -0.3 is 5.32 Å². The van der Waals surface area contributed by atoms with Crippen molar-refractivity contribution in [1.82, 2.24) is 25.1 Å². The number of aromatic nitrogens is 4. The van der Waals surface area contributed by atoms with E-state index < -0.39 is 0 Å². The first-order valence-corrected chi connectivity index (χ1v) is 5.37. The van der Waals surface area contributed by atoms with Crippen molar-refractivity contribution in [3.63, 3.8) is 0 Å². The van der Waals surface area contributed by atoms with Crippen molar-refractivity contribution in [3.8, 4) is 0 Å². The van der Waals surface area contributed by atoms with Gasteiger partial charge in [0.2, 0.25) is 0 Å². The van der Waals surface area contributed by atoms with Crippen LogP contribution in [0.15, 0.2) is 30.7 Å². The SMILES string of the molecule is CCn1ncnc1CNCc1ccccn1. The molecule has 0 saturated heterocycles. The zero-order valence-electron chi connectivity index (χ0n) is 9.30. The molecule has 2 rings (SSSR count). The van der Waals surface area contributed by atoms with Crippen LogP contribution in [-0.2, 0) is 19.6 Å². The molecule has 0 aliphatic heterocycles. The summed E-state index contributed by atoms with van der Waals surface area (Å²) in [5.41, 5.74) is 1.03. The van der Waals surface area contributed by atoms with Crippen molar-refractivity contribution in [1.29, 1.82) is 0 Å². The molecular formula is C11H15N5. The summed E-state index contributed by atoms with van der Waals surface area (Å²) in [5, 5.41) is 7.40. The third-order valence-electron chi connectivity index (χ3n) is 2.31. The Hall–Kier alpha value is -1.75. The van der Waals surface area contributed by atoms with Crippen LogP contribution in [0, 0.1) is 0 Å². The standard InChI is InChI=1S/C11H15N5/c1-2-16-11(14-9-15-16)8-12-7-10-5-3-4-6-13-10/h3-6,9,12H,2,7-8H2,1H3. The van der Waals surface area contributed by atoms with Gasteiger partial charge in [-0.15, -0.1) is 0 Å². The molecule has 0 aliphatic rings. The van der Waals surface area contributed by atoms with Gasteiger partial charge in [-0.05, 0) is 19.1 Å². The first kappa shape index (κ1) is 10.8. The lowest BCUT2D eigenvalue weighted by Gasteiger charge is -2.04. The average Bonchev–Trinajstić information content (AvgIpc) is 2.78. The fourth-order valence-electron chi connectivity index (χ4n) is 1.49. The van der Waals surface area contributed by atoms with E-state index in [1.54, 1.807) is 12.5 Å². The zero-order chi connectivity index (χ0) is 11.2. The highest BCUT2D eigenvalue weighted by Crippen LogP contribution is 1.96. The van der Waals surface area contributed by atoms with Crippen molar-refractivity contribution < 1.29 is 0 Å². The number of hydrogen-bond acceptors (Lipinski definition) is 4. The van der Waals surface area contributed by atoms with Gasteiger partial charge in [0.25, 0.3) is 0 Å². The van der Waals surface area contributed by atoms with E-state index in [2.05, 4.69) is 27.3 Å². The summed E-state index contributed by atoms with van der Waals surface area (Å²) >= 11 is 0. The Morgan fingerprint density at radius 3 is 2.94 bits per heavy atom. The quantitative estimate of drug-likeness (QED) is 0.811. The van der Waals surface area contributed by atoms with Crippen LogP contribution < -0.4 is 5.32 Å². The van der Waals surface area contributed by atoms with E-state index in [9.17, 15) is 0 Å². The number of pyridine rings is 1. The summed E-state index contributed by atoms with van der Waals surface area (Å²) in [6, 6.07) is 5.90. The van der Waals surface area contributed by atoms with Crippen molar-refractivity contribution >= 4 is 0 Å². The topological polar surface area (TPSA) is 55.6 Å². The van der Waals surface area contributed by atoms with Crippen LogP contribution in [0.4, 0.5) is 0 Å². The molecule has 16 heavy (non-hydrogen) atoms. The van der Waals surface area contributed by atoms with E-state index >= 15 is 0 Å². The normalized spacial score (nSPS) is 10.6. The van der Waals surface area contributed by atoms with Gasteiger partial charge in [-0.1, -0.05) is 6.07 Å². The van der Waals surface area contributed by atoms with Crippen LogP contribution in [0.2, 0.25) is 0 Å². The van der Waals surface area contributed by atoms with Crippen LogP contribution in [-0.4, -0.2) is 19.7 Å². The highest BCUT2D eigenvalue weighted by Gasteiger charge is 2.01. The zero-order valence-corrected chi connectivity index (χ0v) is 9.30. The maximum Gasteiger partial charge on any atom is 0.140 e. The number of rotatable bonds is 5. The van der Waals surface area contributed by atoms with Gasteiger partial charge >= 0.3 is 0 Å². The Kier molecular flexibility index (Phi) is 3.61. The summed E-state index contributed by atoms with van der Waals surface area (Å²) < 4.78 is 1.88. The highest BCUT2D eigenvalue weighted by atomic mass is 15.3. The van der Waals surface area contributed by atoms with Crippen LogP contribution >= 0.6 is 0 Å². The molecule has 1 N–H and O–H groups in total. The van der Waals surface area contributed by atoms with E-state index in [4.69, 9.17) is 0 Å².